The molecular weight excluding hydrogens is 280 g/mol. The highest BCUT2D eigenvalue weighted by Gasteiger charge is 2.42. The van der Waals surface area contributed by atoms with Gasteiger partial charge in [0.2, 0.25) is 0 Å². The van der Waals surface area contributed by atoms with Crippen molar-refractivity contribution in [2.45, 2.75) is 44.6 Å². The molecule has 3 aliphatic rings. The van der Waals surface area contributed by atoms with Gasteiger partial charge >= 0.3 is 0 Å². The van der Waals surface area contributed by atoms with Crippen LogP contribution in [0.2, 0.25) is 0 Å². The number of rotatable bonds is 1. The van der Waals surface area contributed by atoms with Crippen molar-refractivity contribution in [2.75, 3.05) is 6.54 Å². The van der Waals surface area contributed by atoms with E-state index < -0.39 is 0 Å². The van der Waals surface area contributed by atoms with E-state index in [4.69, 9.17) is 4.98 Å². The zero-order valence-electron chi connectivity index (χ0n) is 13.7. The molecule has 1 N–H and O–H groups in total. The van der Waals surface area contributed by atoms with Crippen molar-refractivity contribution in [1.29, 1.82) is 0 Å². The lowest BCUT2D eigenvalue weighted by Gasteiger charge is -2.44. The SMILES string of the molecule is c1ccc2nc(C3CC4CC5CCCC5CC4CN3)ccc2c1. The minimum Gasteiger partial charge on any atom is -0.308 e. The molecule has 1 aromatic carbocycles. The van der Waals surface area contributed by atoms with Crippen LogP contribution in [0.1, 0.15) is 50.3 Å². The quantitative estimate of drug-likeness (QED) is 0.825. The molecule has 2 aromatic rings. The number of piperidine rings is 1. The lowest BCUT2D eigenvalue weighted by Crippen LogP contribution is -2.43. The average molecular weight is 306 g/mol. The summed E-state index contributed by atoms with van der Waals surface area (Å²) in [6.45, 7) is 1.20. The molecule has 5 atom stereocenters. The van der Waals surface area contributed by atoms with Crippen molar-refractivity contribution >= 4 is 10.9 Å². The largest absolute Gasteiger partial charge is 0.308 e. The molecule has 2 saturated carbocycles. The summed E-state index contributed by atoms with van der Waals surface area (Å²) in [5.41, 5.74) is 2.38. The summed E-state index contributed by atoms with van der Waals surface area (Å²) in [6.07, 6.45) is 8.75. The van der Waals surface area contributed by atoms with Gasteiger partial charge in [0, 0.05) is 11.4 Å². The Morgan fingerprint density at radius 1 is 0.826 bits per heavy atom. The number of nitrogens with zero attached hydrogens (tertiary/aromatic N) is 1. The first kappa shape index (κ1) is 14.0. The smallest absolute Gasteiger partial charge is 0.0706 e. The summed E-state index contributed by atoms with van der Waals surface area (Å²) in [7, 11) is 0. The van der Waals surface area contributed by atoms with Gasteiger partial charge in [0.1, 0.15) is 0 Å². The Kier molecular flexibility index (Phi) is 3.40. The van der Waals surface area contributed by atoms with Gasteiger partial charge in [0.25, 0.3) is 0 Å². The molecule has 5 unspecified atom stereocenters. The maximum atomic E-state index is 4.94. The van der Waals surface area contributed by atoms with E-state index >= 15 is 0 Å². The summed E-state index contributed by atoms with van der Waals surface area (Å²) >= 11 is 0. The molecule has 1 aliphatic heterocycles. The van der Waals surface area contributed by atoms with E-state index in [9.17, 15) is 0 Å². The second kappa shape index (κ2) is 5.59. The highest BCUT2D eigenvalue weighted by Crippen LogP contribution is 2.50. The van der Waals surface area contributed by atoms with Crippen molar-refractivity contribution in [3.63, 3.8) is 0 Å². The minimum absolute atomic E-state index is 0.457. The van der Waals surface area contributed by atoms with Crippen LogP contribution >= 0.6 is 0 Å². The second-order valence-electron chi connectivity index (χ2n) is 8.07. The molecule has 2 nitrogen and oxygen atoms in total. The Balaban J connectivity index is 1.37. The van der Waals surface area contributed by atoms with Gasteiger partial charge in [-0.2, -0.15) is 0 Å². The van der Waals surface area contributed by atoms with Crippen LogP contribution < -0.4 is 5.32 Å². The third kappa shape index (κ3) is 2.48. The number of hydrogen-bond acceptors (Lipinski definition) is 2. The zero-order valence-corrected chi connectivity index (χ0v) is 13.7. The summed E-state index contributed by atoms with van der Waals surface area (Å²) in [6, 6.07) is 13.4. The van der Waals surface area contributed by atoms with Gasteiger partial charge in [0.15, 0.2) is 0 Å². The molecule has 2 heteroatoms. The van der Waals surface area contributed by atoms with Gasteiger partial charge < -0.3 is 5.32 Å². The van der Waals surface area contributed by atoms with Crippen molar-refractivity contribution in [3.8, 4) is 0 Å². The Morgan fingerprint density at radius 2 is 1.65 bits per heavy atom. The molecular formula is C21H26N2. The van der Waals surface area contributed by atoms with Gasteiger partial charge in [-0.1, -0.05) is 43.5 Å². The number of hydrogen-bond donors (Lipinski definition) is 1. The van der Waals surface area contributed by atoms with Crippen LogP contribution in [0.5, 0.6) is 0 Å². The highest BCUT2D eigenvalue weighted by atomic mass is 15.0. The van der Waals surface area contributed by atoms with E-state index in [1.165, 1.54) is 56.1 Å². The predicted octanol–water partition coefficient (Wildman–Crippen LogP) is 4.71. The fourth-order valence-electron chi connectivity index (χ4n) is 5.62. The summed E-state index contributed by atoms with van der Waals surface area (Å²) in [5.74, 6) is 3.94. The van der Waals surface area contributed by atoms with Gasteiger partial charge in [-0.3, -0.25) is 4.98 Å². The van der Waals surface area contributed by atoms with Crippen LogP contribution in [0.25, 0.3) is 10.9 Å². The molecule has 5 rings (SSSR count). The van der Waals surface area contributed by atoms with E-state index in [0.29, 0.717) is 6.04 Å². The maximum Gasteiger partial charge on any atom is 0.0706 e. The Hall–Kier alpha value is -1.41. The summed E-state index contributed by atoms with van der Waals surface area (Å²) < 4.78 is 0. The summed E-state index contributed by atoms with van der Waals surface area (Å²) in [5, 5.41) is 5.06. The normalized spacial score (nSPS) is 36.6. The zero-order chi connectivity index (χ0) is 15.2. The average Bonchev–Trinajstić information content (AvgIpc) is 3.06. The molecule has 0 amide bonds. The van der Waals surface area contributed by atoms with Gasteiger partial charge in [-0.25, -0.2) is 0 Å². The first-order valence-corrected chi connectivity index (χ1v) is 9.46. The fourth-order valence-corrected chi connectivity index (χ4v) is 5.62. The number of para-hydroxylation sites is 1. The first-order valence-electron chi connectivity index (χ1n) is 9.46. The highest BCUT2D eigenvalue weighted by molar-refractivity contribution is 5.78. The van der Waals surface area contributed by atoms with Crippen molar-refractivity contribution in [3.05, 3.63) is 42.1 Å². The van der Waals surface area contributed by atoms with Crippen molar-refractivity contribution in [2.24, 2.45) is 23.7 Å². The minimum atomic E-state index is 0.457. The Labute approximate surface area is 138 Å². The van der Waals surface area contributed by atoms with Crippen LogP contribution in [0.3, 0.4) is 0 Å². The third-order valence-corrected chi connectivity index (χ3v) is 6.84. The van der Waals surface area contributed by atoms with Gasteiger partial charge in [-0.15, -0.1) is 0 Å². The number of nitrogens with one attached hydrogen (secondary N) is 1. The Morgan fingerprint density at radius 3 is 2.57 bits per heavy atom. The Bertz CT molecular complexity index is 710. The second-order valence-corrected chi connectivity index (χ2v) is 8.07. The van der Waals surface area contributed by atoms with Crippen molar-refractivity contribution < 1.29 is 0 Å². The van der Waals surface area contributed by atoms with Crippen LogP contribution in [-0.2, 0) is 0 Å². The number of fused-ring (bicyclic) bond motifs is 3. The molecule has 0 radical (unpaired) electrons. The molecule has 2 aliphatic carbocycles. The van der Waals surface area contributed by atoms with Crippen LogP contribution in [0.15, 0.2) is 36.4 Å². The molecule has 23 heavy (non-hydrogen) atoms. The molecule has 0 bridgehead atoms. The molecule has 3 fully saturated rings. The molecule has 0 spiro atoms. The third-order valence-electron chi connectivity index (χ3n) is 6.84. The van der Waals surface area contributed by atoms with Crippen molar-refractivity contribution in [1.82, 2.24) is 10.3 Å². The molecule has 1 aromatic heterocycles. The topological polar surface area (TPSA) is 24.9 Å². The maximum absolute atomic E-state index is 4.94. The first-order chi connectivity index (χ1) is 11.4. The number of pyridine rings is 1. The molecule has 1 saturated heterocycles. The monoisotopic (exact) mass is 306 g/mol. The van der Waals surface area contributed by atoms with E-state index in [0.717, 1.165) is 29.2 Å². The predicted molar refractivity (Wildman–Crippen MR) is 94.1 cm³/mol. The molecule has 120 valence electrons. The van der Waals surface area contributed by atoms with Gasteiger partial charge in [0.05, 0.1) is 11.2 Å². The summed E-state index contributed by atoms with van der Waals surface area (Å²) in [4.78, 5) is 4.94. The van der Waals surface area contributed by atoms with E-state index in [1.807, 2.05) is 0 Å². The van der Waals surface area contributed by atoms with E-state index in [2.05, 4.69) is 41.7 Å². The van der Waals surface area contributed by atoms with Crippen LogP contribution in [0, 0.1) is 23.7 Å². The number of benzene rings is 1. The molecule has 2 heterocycles. The van der Waals surface area contributed by atoms with Gasteiger partial charge in [-0.05, 0) is 61.6 Å². The van der Waals surface area contributed by atoms with E-state index in [-0.39, 0.29) is 0 Å². The number of aromatic nitrogens is 1. The fraction of sp³-hybridized carbons (Fsp3) is 0.571. The van der Waals surface area contributed by atoms with Crippen LogP contribution in [-0.4, -0.2) is 11.5 Å². The van der Waals surface area contributed by atoms with Crippen LogP contribution in [0.4, 0.5) is 0 Å². The lowest BCUT2D eigenvalue weighted by molar-refractivity contribution is 0.0853. The van der Waals surface area contributed by atoms with E-state index in [1.54, 1.807) is 0 Å². The lowest BCUT2D eigenvalue weighted by atomic mass is 9.66. The standard InChI is InChI=1S/C21H26N2/c1-2-7-19-14(4-1)8-9-20(23-19)21-12-17-10-15-5-3-6-16(15)11-18(17)13-22-21/h1-2,4,7-9,15-18,21-22H,3,5-6,10-13H2.